The molecule has 0 amide bonds. The molecule has 0 spiro atoms. The Kier molecular flexibility index (Phi) is 10.3. The van der Waals surface area contributed by atoms with Gasteiger partial charge in [-0.25, -0.2) is 14.4 Å². The predicted octanol–water partition coefficient (Wildman–Crippen LogP) is 2.51. The Bertz CT molecular complexity index is 1400. The number of ether oxygens (including phenoxy) is 1. The molecule has 1 aromatic heterocycles. The van der Waals surface area contributed by atoms with E-state index in [0.29, 0.717) is 5.56 Å². The molecule has 3 N–H and O–H groups in total. The average Bonchev–Trinajstić information content (AvgIpc) is 3.36. The van der Waals surface area contributed by atoms with Gasteiger partial charge in [-0.1, -0.05) is 48.0 Å². The molecule has 210 valence electrons. The normalized spacial score (nSPS) is 20.4. The molecule has 39 heavy (non-hydrogen) atoms. The van der Waals surface area contributed by atoms with Gasteiger partial charge in [-0.05, 0) is 38.5 Å². The third-order valence-corrected chi connectivity index (χ3v) is 8.54. The summed E-state index contributed by atoms with van der Waals surface area (Å²) in [7, 11) is -3.97. The topological polar surface area (TPSA) is 149 Å². The van der Waals surface area contributed by atoms with Gasteiger partial charge in [0.15, 0.2) is 16.9 Å². The highest BCUT2D eigenvalue weighted by atomic mass is 32.2. The van der Waals surface area contributed by atoms with Gasteiger partial charge in [0, 0.05) is 24.1 Å². The Morgan fingerprint density at radius 3 is 2.72 bits per heavy atom. The number of hydrogen-bond acceptors (Lipinski definition) is 9. The Morgan fingerprint density at radius 2 is 2.05 bits per heavy atom. The molecule has 0 saturated heterocycles. The molecule has 1 aromatic carbocycles. The standard InChI is InChI=1S/C26H32N3O8PS/c1-5-26(12-11-21(37-26)29-16-19(2)22(31)28-24(29)33)18-36-38(34,27-15-20-9-7-6-8-10-20)35-13-14-39-23(32)25(3,4)17-30/h1,6-12,16,21,30H,13-15,17-18H2,2-4H3,(H,27,34)(H,28,31,33)/t21-,26+,38?/m1/s1. The van der Waals surface area contributed by atoms with Gasteiger partial charge >= 0.3 is 13.4 Å². The summed E-state index contributed by atoms with van der Waals surface area (Å²) in [5, 5.41) is 12.0. The van der Waals surface area contributed by atoms with E-state index >= 15 is 0 Å². The van der Waals surface area contributed by atoms with Crippen LogP contribution in [0.2, 0.25) is 0 Å². The SMILES string of the molecule is C#C[C@@]1(COP(=O)(NCc2ccccc2)OCCSC(=O)C(C)(C)CO)C=C[C@H](n2cc(C)c(=O)[nH]c2=O)O1. The Labute approximate surface area is 230 Å². The molecule has 3 rings (SSSR count). The van der Waals surface area contributed by atoms with E-state index in [0.717, 1.165) is 17.3 Å². The number of rotatable bonds is 13. The van der Waals surface area contributed by atoms with Gasteiger partial charge in [0.05, 0.1) is 18.6 Å². The van der Waals surface area contributed by atoms with Gasteiger partial charge in [-0.2, -0.15) is 0 Å². The van der Waals surface area contributed by atoms with Crippen molar-refractivity contribution in [2.45, 2.75) is 39.1 Å². The van der Waals surface area contributed by atoms with E-state index in [1.54, 1.807) is 20.8 Å². The Balaban J connectivity index is 1.69. The van der Waals surface area contributed by atoms with E-state index in [1.807, 2.05) is 30.3 Å². The highest BCUT2D eigenvalue weighted by molar-refractivity contribution is 8.13. The Morgan fingerprint density at radius 1 is 1.33 bits per heavy atom. The molecule has 1 aliphatic heterocycles. The van der Waals surface area contributed by atoms with Crippen LogP contribution in [0.5, 0.6) is 0 Å². The van der Waals surface area contributed by atoms with Crippen LogP contribution in [0.4, 0.5) is 0 Å². The highest BCUT2D eigenvalue weighted by Crippen LogP contribution is 2.46. The summed E-state index contributed by atoms with van der Waals surface area (Å²) in [5.41, 5.74) is -2.43. The third kappa shape index (κ3) is 8.13. The minimum absolute atomic E-state index is 0.0919. The molecule has 11 nitrogen and oxygen atoms in total. The zero-order valence-electron chi connectivity index (χ0n) is 21.9. The number of carbonyl (C=O) groups is 1. The number of H-pyrrole nitrogens is 1. The van der Waals surface area contributed by atoms with E-state index < -0.39 is 36.2 Å². The van der Waals surface area contributed by atoms with Crippen molar-refractivity contribution >= 4 is 24.6 Å². The van der Waals surface area contributed by atoms with Crippen LogP contribution in [0.15, 0.2) is 58.3 Å². The lowest BCUT2D eigenvalue weighted by Gasteiger charge is -2.27. The van der Waals surface area contributed by atoms with E-state index in [2.05, 4.69) is 16.0 Å². The van der Waals surface area contributed by atoms with Crippen molar-refractivity contribution < 1.29 is 28.3 Å². The van der Waals surface area contributed by atoms with E-state index in [9.17, 15) is 24.1 Å². The minimum atomic E-state index is -3.97. The van der Waals surface area contributed by atoms with Gasteiger partial charge in [0.25, 0.3) is 5.56 Å². The number of aromatic amines is 1. The highest BCUT2D eigenvalue weighted by Gasteiger charge is 2.39. The number of thioether (sulfide) groups is 1. The number of aliphatic hydroxyl groups excluding tert-OH is 1. The molecule has 0 radical (unpaired) electrons. The Hall–Kier alpha value is -2.75. The maximum absolute atomic E-state index is 13.7. The maximum atomic E-state index is 13.7. The maximum Gasteiger partial charge on any atom is 0.405 e. The molecular weight excluding hydrogens is 545 g/mol. The molecule has 1 aliphatic rings. The summed E-state index contributed by atoms with van der Waals surface area (Å²) < 4.78 is 32.1. The summed E-state index contributed by atoms with van der Waals surface area (Å²) in [6.07, 6.45) is 9.22. The summed E-state index contributed by atoms with van der Waals surface area (Å²) >= 11 is 0.957. The van der Waals surface area contributed by atoms with E-state index in [-0.39, 0.29) is 37.2 Å². The second-order valence-electron chi connectivity index (χ2n) is 9.48. The quantitative estimate of drug-likeness (QED) is 0.140. The summed E-state index contributed by atoms with van der Waals surface area (Å²) in [6, 6.07) is 9.19. The van der Waals surface area contributed by atoms with Crippen molar-refractivity contribution in [2.24, 2.45) is 5.41 Å². The van der Waals surface area contributed by atoms with Crippen LogP contribution in [0.25, 0.3) is 0 Å². The summed E-state index contributed by atoms with van der Waals surface area (Å²) in [5.74, 6) is 2.65. The van der Waals surface area contributed by atoms with Crippen molar-refractivity contribution in [2.75, 3.05) is 25.6 Å². The first kappa shape index (κ1) is 30.8. The number of carbonyl (C=O) groups excluding carboxylic acids is 1. The molecule has 0 saturated carbocycles. The van der Waals surface area contributed by atoms with Crippen LogP contribution in [-0.4, -0.2) is 50.9 Å². The van der Waals surface area contributed by atoms with Gasteiger partial charge in [0.1, 0.15) is 6.61 Å². The van der Waals surface area contributed by atoms with Crippen LogP contribution in [0.1, 0.15) is 31.2 Å². The number of terminal acetylenes is 1. The lowest BCUT2D eigenvalue weighted by Crippen LogP contribution is -2.37. The second kappa shape index (κ2) is 13.1. The first-order chi connectivity index (χ1) is 18.4. The molecule has 0 fully saturated rings. The van der Waals surface area contributed by atoms with Gasteiger partial charge < -0.3 is 9.84 Å². The van der Waals surface area contributed by atoms with Crippen LogP contribution >= 0.6 is 19.5 Å². The monoisotopic (exact) mass is 577 g/mol. The van der Waals surface area contributed by atoms with Crippen molar-refractivity contribution in [1.82, 2.24) is 14.6 Å². The number of nitrogens with one attached hydrogen (secondary N) is 2. The summed E-state index contributed by atoms with van der Waals surface area (Å²) in [4.78, 5) is 38.5. The molecule has 1 unspecified atom stereocenters. The molecular formula is C26H32N3O8PS. The predicted molar refractivity (Wildman–Crippen MR) is 148 cm³/mol. The van der Waals surface area contributed by atoms with E-state index in [1.165, 1.54) is 22.9 Å². The molecule has 2 heterocycles. The first-order valence-corrected chi connectivity index (χ1v) is 14.6. The first-order valence-electron chi connectivity index (χ1n) is 12.1. The fourth-order valence-electron chi connectivity index (χ4n) is 3.31. The lowest BCUT2D eigenvalue weighted by molar-refractivity contribution is -0.119. The number of aliphatic hydroxyl groups is 1. The molecule has 2 aromatic rings. The van der Waals surface area contributed by atoms with Crippen molar-refractivity contribution in [3.05, 3.63) is 80.6 Å². The number of hydrogen-bond donors (Lipinski definition) is 3. The smallest absolute Gasteiger partial charge is 0.395 e. The van der Waals surface area contributed by atoms with Crippen LogP contribution < -0.4 is 16.3 Å². The number of aryl methyl sites for hydroxylation is 1. The van der Waals surface area contributed by atoms with Crippen molar-refractivity contribution in [3.63, 3.8) is 0 Å². The van der Waals surface area contributed by atoms with Crippen molar-refractivity contribution in [1.29, 1.82) is 0 Å². The number of benzene rings is 1. The van der Waals surface area contributed by atoms with Gasteiger partial charge in [-0.15, -0.1) is 6.42 Å². The number of aromatic nitrogens is 2. The average molecular weight is 578 g/mol. The number of nitrogens with zero attached hydrogens (tertiary/aromatic N) is 1. The largest absolute Gasteiger partial charge is 0.405 e. The molecule has 0 aliphatic carbocycles. The zero-order chi connectivity index (χ0) is 28.7. The third-order valence-electron chi connectivity index (χ3n) is 5.82. The van der Waals surface area contributed by atoms with Crippen LogP contribution in [0.3, 0.4) is 0 Å². The van der Waals surface area contributed by atoms with Crippen molar-refractivity contribution in [3.8, 4) is 12.3 Å². The van der Waals surface area contributed by atoms with Crippen LogP contribution in [-0.2, 0) is 29.7 Å². The second-order valence-corrected chi connectivity index (χ2v) is 12.4. The summed E-state index contributed by atoms with van der Waals surface area (Å²) in [6.45, 7) is 4.20. The van der Waals surface area contributed by atoms with Gasteiger partial charge in [0.2, 0.25) is 0 Å². The molecule has 3 atom stereocenters. The minimum Gasteiger partial charge on any atom is -0.395 e. The fraction of sp³-hybridized carbons (Fsp3) is 0.423. The fourth-order valence-corrected chi connectivity index (χ4v) is 5.57. The molecule has 13 heteroatoms. The van der Waals surface area contributed by atoms with Crippen LogP contribution in [0, 0.1) is 24.7 Å². The molecule has 0 bridgehead atoms. The zero-order valence-corrected chi connectivity index (χ0v) is 23.6. The van der Waals surface area contributed by atoms with Gasteiger partial charge in [-0.3, -0.25) is 28.2 Å². The van der Waals surface area contributed by atoms with E-state index in [4.69, 9.17) is 20.2 Å². The lowest BCUT2D eigenvalue weighted by atomic mass is 9.97.